The lowest BCUT2D eigenvalue weighted by atomic mass is 9.99. The smallest absolute Gasteiger partial charge is 0.196 e. The number of carbonyl (C=O) groups is 1. The molecule has 0 bridgehead atoms. The first-order chi connectivity index (χ1) is 10.1. The van der Waals surface area contributed by atoms with Crippen molar-refractivity contribution in [1.82, 2.24) is 4.98 Å². The van der Waals surface area contributed by atoms with Crippen LogP contribution in [-0.2, 0) is 0 Å². The molecule has 3 rings (SSSR count). The van der Waals surface area contributed by atoms with E-state index in [0.717, 1.165) is 12.1 Å². The van der Waals surface area contributed by atoms with Gasteiger partial charge in [0.2, 0.25) is 0 Å². The quantitative estimate of drug-likeness (QED) is 0.519. The number of aromatic nitrogens is 1. The molecule has 0 aliphatic carbocycles. The standard InChI is InChI=1S/C16H8ClF2NO/c17-12-8-13(18)11(7-14(12)19)16(21)10-3-1-5-15-9(10)4-2-6-20-15/h1-8H. The monoisotopic (exact) mass is 303 g/mol. The van der Waals surface area contributed by atoms with Crippen LogP contribution in [0.2, 0.25) is 5.02 Å². The summed E-state index contributed by atoms with van der Waals surface area (Å²) < 4.78 is 27.4. The number of pyridine rings is 1. The molecule has 2 aromatic carbocycles. The summed E-state index contributed by atoms with van der Waals surface area (Å²) >= 11 is 5.50. The molecule has 1 heterocycles. The number of hydrogen-bond acceptors (Lipinski definition) is 2. The molecule has 0 unspecified atom stereocenters. The Morgan fingerprint density at radius 3 is 2.62 bits per heavy atom. The first-order valence-electron chi connectivity index (χ1n) is 6.11. The summed E-state index contributed by atoms with van der Waals surface area (Å²) in [6, 6.07) is 9.94. The summed E-state index contributed by atoms with van der Waals surface area (Å²) in [6.07, 6.45) is 1.60. The van der Waals surface area contributed by atoms with Gasteiger partial charge < -0.3 is 0 Å². The largest absolute Gasteiger partial charge is 0.288 e. The van der Waals surface area contributed by atoms with Crippen LogP contribution in [-0.4, -0.2) is 10.8 Å². The fourth-order valence-corrected chi connectivity index (χ4v) is 2.29. The van der Waals surface area contributed by atoms with Crippen LogP contribution >= 0.6 is 11.6 Å². The molecule has 0 aliphatic heterocycles. The second-order valence-electron chi connectivity index (χ2n) is 4.45. The Bertz CT molecular complexity index is 859. The van der Waals surface area contributed by atoms with E-state index in [2.05, 4.69) is 4.98 Å². The first-order valence-corrected chi connectivity index (χ1v) is 6.48. The highest BCUT2D eigenvalue weighted by molar-refractivity contribution is 6.31. The number of hydrogen-bond donors (Lipinski definition) is 0. The lowest BCUT2D eigenvalue weighted by Gasteiger charge is -2.07. The van der Waals surface area contributed by atoms with Crippen molar-refractivity contribution < 1.29 is 13.6 Å². The van der Waals surface area contributed by atoms with E-state index in [1.54, 1.807) is 36.5 Å². The molecule has 0 radical (unpaired) electrons. The number of rotatable bonds is 2. The second-order valence-corrected chi connectivity index (χ2v) is 4.86. The molecule has 0 spiro atoms. The van der Waals surface area contributed by atoms with Crippen LogP contribution in [0, 0.1) is 11.6 Å². The van der Waals surface area contributed by atoms with E-state index < -0.39 is 17.4 Å². The minimum absolute atomic E-state index is 0.265. The number of benzene rings is 2. The average molecular weight is 304 g/mol. The molecule has 0 fully saturated rings. The maximum Gasteiger partial charge on any atom is 0.196 e. The third-order valence-electron chi connectivity index (χ3n) is 3.14. The lowest BCUT2D eigenvalue weighted by molar-refractivity contribution is 0.103. The molecule has 0 saturated carbocycles. The number of halogens is 3. The third-order valence-corrected chi connectivity index (χ3v) is 3.43. The van der Waals surface area contributed by atoms with Crippen molar-refractivity contribution >= 4 is 28.3 Å². The van der Waals surface area contributed by atoms with Gasteiger partial charge in [-0.05, 0) is 24.3 Å². The molecule has 0 aliphatic rings. The zero-order chi connectivity index (χ0) is 15.0. The van der Waals surface area contributed by atoms with Gasteiger partial charge in [0.15, 0.2) is 5.78 Å². The average Bonchev–Trinajstić information content (AvgIpc) is 2.49. The second kappa shape index (κ2) is 5.22. The molecule has 104 valence electrons. The van der Waals surface area contributed by atoms with Crippen LogP contribution in [0.4, 0.5) is 8.78 Å². The van der Waals surface area contributed by atoms with Crippen molar-refractivity contribution in [2.24, 2.45) is 0 Å². The SMILES string of the molecule is O=C(c1cc(F)c(Cl)cc1F)c1cccc2ncccc12. The van der Waals surface area contributed by atoms with Gasteiger partial charge in [0.25, 0.3) is 0 Å². The minimum Gasteiger partial charge on any atom is -0.288 e. The van der Waals surface area contributed by atoms with Crippen LogP contribution in [0.25, 0.3) is 10.9 Å². The van der Waals surface area contributed by atoms with Crippen LogP contribution < -0.4 is 0 Å². The maximum absolute atomic E-state index is 13.9. The zero-order valence-electron chi connectivity index (χ0n) is 10.6. The lowest BCUT2D eigenvalue weighted by Crippen LogP contribution is -2.06. The number of nitrogens with zero attached hydrogens (tertiary/aromatic N) is 1. The van der Waals surface area contributed by atoms with Gasteiger partial charge >= 0.3 is 0 Å². The molecule has 0 amide bonds. The predicted octanol–water partition coefficient (Wildman–Crippen LogP) is 4.40. The summed E-state index contributed by atoms with van der Waals surface area (Å²) in [5.74, 6) is -2.30. The van der Waals surface area contributed by atoms with Crippen molar-refractivity contribution in [2.45, 2.75) is 0 Å². The number of ketones is 1. The Hall–Kier alpha value is -2.33. The topological polar surface area (TPSA) is 30.0 Å². The van der Waals surface area contributed by atoms with Crippen LogP contribution in [0.1, 0.15) is 15.9 Å². The van der Waals surface area contributed by atoms with Gasteiger partial charge in [0, 0.05) is 17.1 Å². The van der Waals surface area contributed by atoms with E-state index >= 15 is 0 Å². The summed E-state index contributed by atoms with van der Waals surface area (Å²) in [4.78, 5) is 16.6. The van der Waals surface area contributed by atoms with Gasteiger partial charge in [-0.3, -0.25) is 9.78 Å². The zero-order valence-corrected chi connectivity index (χ0v) is 11.4. The predicted molar refractivity (Wildman–Crippen MR) is 76.5 cm³/mol. The van der Waals surface area contributed by atoms with E-state index in [1.807, 2.05) is 0 Å². The van der Waals surface area contributed by atoms with Gasteiger partial charge in [-0.2, -0.15) is 0 Å². The molecule has 21 heavy (non-hydrogen) atoms. The van der Waals surface area contributed by atoms with Gasteiger partial charge in [0.1, 0.15) is 11.6 Å². The van der Waals surface area contributed by atoms with E-state index in [9.17, 15) is 13.6 Å². The van der Waals surface area contributed by atoms with Crippen molar-refractivity contribution in [3.8, 4) is 0 Å². The van der Waals surface area contributed by atoms with Crippen molar-refractivity contribution in [1.29, 1.82) is 0 Å². The Kier molecular flexibility index (Phi) is 3.39. The summed E-state index contributed by atoms with van der Waals surface area (Å²) in [7, 11) is 0. The molecule has 0 N–H and O–H groups in total. The normalized spacial score (nSPS) is 10.8. The Labute approximate surface area is 124 Å². The van der Waals surface area contributed by atoms with Crippen LogP contribution in [0.5, 0.6) is 0 Å². The van der Waals surface area contributed by atoms with Gasteiger partial charge in [-0.15, -0.1) is 0 Å². The van der Waals surface area contributed by atoms with Crippen LogP contribution in [0.15, 0.2) is 48.7 Å². The van der Waals surface area contributed by atoms with E-state index in [4.69, 9.17) is 11.6 Å². The van der Waals surface area contributed by atoms with E-state index in [-0.39, 0.29) is 16.1 Å². The number of fused-ring (bicyclic) bond motifs is 1. The highest BCUT2D eigenvalue weighted by Gasteiger charge is 2.19. The molecular formula is C16H8ClF2NO. The van der Waals surface area contributed by atoms with E-state index in [0.29, 0.717) is 10.9 Å². The fraction of sp³-hybridized carbons (Fsp3) is 0. The van der Waals surface area contributed by atoms with Gasteiger partial charge in [-0.25, -0.2) is 8.78 Å². The van der Waals surface area contributed by atoms with Crippen LogP contribution in [0.3, 0.4) is 0 Å². The molecule has 2 nitrogen and oxygen atoms in total. The Balaban J connectivity index is 2.20. The molecule has 1 aromatic heterocycles. The van der Waals surface area contributed by atoms with Gasteiger partial charge in [-0.1, -0.05) is 29.8 Å². The van der Waals surface area contributed by atoms with Gasteiger partial charge in [0.05, 0.1) is 16.1 Å². The highest BCUT2D eigenvalue weighted by atomic mass is 35.5. The number of carbonyl (C=O) groups excluding carboxylic acids is 1. The summed E-state index contributed by atoms with van der Waals surface area (Å²) in [6.45, 7) is 0. The maximum atomic E-state index is 13.9. The summed E-state index contributed by atoms with van der Waals surface area (Å²) in [5, 5.41) is 0.225. The molecular weight excluding hydrogens is 296 g/mol. The van der Waals surface area contributed by atoms with Crippen molar-refractivity contribution in [3.05, 3.63) is 76.4 Å². The first kappa shape index (κ1) is 13.6. The van der Waals surface area contributed by atoms with Crippen molar-refractivity contribution in [3.63, 3.8) is 0 Å². The molecule has 5 heteroatoms. The Morgan fingerprint density at radius 1 is 1.00 bits per heavy atom. The third kappa shape index (κ3) is 2.38. The highest BCUT2D eigenvalue weighted by Crippen LogP contribution is 2.24. The van der Waals surface area contributed by atoms with E-state index in [1.165, 1.54) is 0 Å². The molecule has 3 aromatic rings. The van der Waals surface area contributed by atoms with Crippen molar-refractivity contribution in [2.75, 3.05) is 0 Å². The molecule has 0 saturated heterocycles. The minimum atomic E-state index is -0.854. The Morgan fingerprint density at radius 2 is 1.81 bits per heavy atom. The fourth-order valence-electron chi connectivity index (χ4n) is 2.14. The molecule has 0 atom stereocenters. The summed E-state index contributed by atoms with van der Waals surface area (Å²) in [5.41, 5.74) is 0.521.